The molecule has 10 aliphatic rings. The maximum absolute atomic E-state index is 14.8. The molecule has 0 bridgehead atoms. The highest BCUT2D eigenvalue weighted by Gasteiger charge is 2.72. The molecule has 0 radical (unpaired) electrons. The summed E-state index contributed by atoms with van der Waals surface area (Å²) in [6.45, 7) is 26.2. The van der Waals surface area contributed by atoms with Crippen molar-refractivity contribution in [3.63, 3.8) is 0 Å². The second-order valence-corrected chi connectivity index (χ2v) is 25.3. The van der Waals surface area contributed by atoms with Crippen molar-refractivity contribution in [3.8, 4) is 11.5 Å². The molecule has 11 rings (SSSR count). The first kappa shape index (κ1) is 43.0. The molecule has 342 valence electrons. The van der Waals surface area contributed by atoms with Crippen LogP contribution >= 0.6 is 0 Å². The summed E-state index contributed by atoms with van der Waals surface area (Å²) in [5.41, 5.74) is 2.02. The fourth-order valence-electron chi connectivity index (χ4n) is 17.9. The second-order valence-electron chi connectivity index (χ2n) is 25.3. The molecule has 6 fully saturated rings. The van der Waals surface area contributed by atoms with E-state index in [1.54, 1.807) is 13.0 Å². The van der Waals surface area contributed by atoms with Gasteiger partial charge in [-0.2, -0.15) is 0 Å². The highest BCUT2D eigenvalue weighted by atomic mass is 16.7. The van der Waals surface area contributed by atoms with Crippen LogP contribution < -0.4 is 9.47 Å². The molecule has 0 spiro atoms. The molecule has 1 aromatic carbocycles. The molecule has 6 saturated carbocycles. The van der Waals surface area contributed by atoms with E-state index in [0.29, 0.717) is 40.6 Å². The molecule has 1 aromatic rings. The van der Waals surface area contributed by atoms with E-state index in [0.717, 1.165) is 80.9 Å². The predicted octanol–water partition coefficient (Wildman–Crippen LogP) is 10.4. The van der Waals surface area contributed by atoms with Crippen molar-refractivity contribution in [2.45, 2.75) is 177 Å². The van der Waals surface area contributed by atoms with Crippen LogP contribution in [0, 0.1) is 68.5 Å². The summed E-state index contributed by atoms with van der Waals surface area (Å²) < 4.78 is 13.8. The van der Waals surface area contributed by atoms with Gasteiger partial charge < -0.3 is 19.7 Å². The fourth-order valence-corrected chi connectivity index (χ4v) is 17.9. The average Bonchev–Trinajstić information content (AvgIpc) is 3.23. The quantitative estimate of drug-likeness (QED) is 0.264. The molecule has 2 N–H and O–H groups in total. The molecule has 8 heteroatoms. The molecule has 0 saturated heterocycles. The largest absolute Gasteiger partial charge is 0.471 e. The van der Waals surface area contributed by atoms with Gasteiger partial charge in [0.2, 0.25) is 11.4 Å². The van der Waals surface area contributed by atoms with Gasteiger partial charge in [0, 0.05) is 51.2 Å². The first-order valence-corrected chi connectivity index (χ1v) is 24.6. The number of carbonyl (C=O) groups is 4. The number of allylic oxidation sites excluding steroid dienone is 5. The molecular formula is C56H70O8. The summed E-state index contributed by atoms with van der Waals surface area (Å²) in [6, 6.07) is 1.90. The number of hydrogen-bond acceptors (Lipinski definition) is 8. The van der Waals surface area contributed by atoms with Gasteiger partial charge in [0.25, 0.3) is 0 Å². The third-order valence-electron chi connectivity index (χ3n) is 22.6. The zero-order valence-corrected chi connectivity index (χ0v) is 40.4. The third kappa shape index (κ3) is 4.56. The Morgan fingerprint density at radius 3 is 2.00 bits per heavy atom. The Morgan fingerprint density at radius 2 is 1.30 bits per heavy atom. The van der Waals surface area contributed by atoms with Gasteiger partial charge >= 0.3 is 5.79 Å². The van der Waals surface area contributed by atoms with Crippen LogP contribution in [0.5, 0.6) is 11.5 Å². The van der Waals surface area contributed by atoms with E-state index in [2.05, 4.69) is 68.4 Å². The van der Waals surface area contributed by atoms with Gasteiger partial charge in [0.1, 0.15) is 11.9 Å². The lowest BCUT2D eigenvalue weighted by atomic mass is 9.34. The number of aliphatic hydroxyl groups excluding tert-OH is 1. The fraction of sp³-hybridized carbons (Fsp3) is 0.679. The molecule has 64 heavy (non-hydrogen) atoms. The SMILES string of the molecule is Cc1c2c(cc3c1C(=O)C=C1[C@@]3(C)CC[C@@]3(C)[C@@H]4C[C@@H](C)C(=O)C[C@]4(C)CC[C@]13C)O[C@@]1(O)C(=O)C=C3C(=CC=C4[C@@]3(C)CC[C@@]3(C)[C@@H]5C[C@@H](C)C(=O)[C@@H](O)[C@]5(C)CC[C@]43C)[C@@]1(C)O2. The molecule has 1 aliphatic heterocycles. The second kappa shape index (κ2) is 12.3. The predicted molar refractivity (Wildman–Crippen MR) is 244 cm³/mol. The van der Waals surface area contributed by atoms with Crippen molar-refractivity contribution >= 4 is 23.1 Å². The van der Waals surface area contributed by atoms with E-state index in [-0.39, 0.29) is 62.1 Å². The monoisotopic (exact) mass is 871 g/mol. The van der Waals surface area contributed by atoms with Gasteiger partial charge in [-0.25, -0.2) is 0 Å². The van der Waals surface area contributed by atoms with E-state index >= 15 is 0 Å². The van der Waals surface area contributed by atoms with Crippen molar-refractivity contribution in [2.75, 3.05) is 0 Å². The third-order valence-corrected chi connectivity index (χ3v) is 22.6. The Kier molecular flexibility index (Phi) is 8.25. The van der Waals surface area contributed by atoms with Gasteiger partial charge in [0.15, 0.2) is 23.1 Å². The smallest absolute Gasteiger partial charge is 0.317 e. The average molecular weight is 871 g/mol. The van der Waals surface area contributed by atoms with Crippen molar-refractivity contribution < 1.29 is 38.9 Å². The van der Waals surface area contributed by atoms with Crippen LogP contribution in [-0.2, 0) is 19.8 Å². The van der Waals surface area contributed by atoms with Crippen LogP contribution in [0.15, 0.2) is 52.7 Å². The number of fused-ring (bicyclic) bond motifs is 17. The van der Waals surface area contributed by atoms with E-state index < -0.39 is 39.5 Å². The zero-order valence-electron chi connectivity index (χ0n) is 40.4. The number of aliphatic hydroxyl groups is 2. The lowest BCUT2D eigenvalue weighted by Gasteiger charge is -2.70. The number of ketones is 4. The minimum absolute atomic E-state index is 0.0355. The molecular weight excluding hydrogens is 801 g/mol. The highest BCUT2D eigenvalue weighted by molar-refractivity contribution is 6.10. The van der Waals surface area contributed by atoms with Crippen molar-refractivity contribution in [3.05, 3.63) is 69.4 Å². The van der Waals surface area contributed by atoms with Crippen LogP contribution in [0.2, 0.25) is 0 Å². The first-order chi connectivity index (χ1) is 29.6. The number of benzene rings is 1. The van der Waals surface area contributed by atoms with E-state index in [9.17, 15) is 29.4 Å². The van der Waals surface area contributed by atoms with Crippen molar-refractivity contribution in [1.29, 1.82) is 0 Å². The Hall–Kier alpha value is -3.62. The van der Waals surface area contributed by atoms with Crippen molar-refractivity contribution in [2.24, 2.45) is 61.6 Å². The molecule has 8 nitrogen and oxygen atoms in total. The Morgan fingerprint density at radius 1 is 0.672 bits per heavy atom. The lowest BCUT2D eigenvalue weighted by molar-refractivity contribution is -0.231. The van der Waals surface area contributed by atoms with Crippen LogP contribution in [0.4, 0.5) is 0 Å². The summed E-state index contributed by atoms with van der Waals surface area (Å²) in [5.74, 6) is -1.63. The summed E-state index contributed by atoms with van der Waals surface area (Å²) in [6.07, 6.45) is 15.9. The maximum Gasteiger partial charge on any atom is 0.317 e. The number of Topliss-reactive ketones (excluding diaryl/α,β-unsaturated/α-hetero) is 2. The lowest BCUT2D eigenvalue weighted by Crippen LogP contribution is -2.70. The minimum Gasteiger partial charge on any atom is -0.471 e. The summed E-state index contributed by atoms with van der Waals surface area (Å²) in [5, 5.41) is 24.3. The van der Waals surface area contributed by atoms with E-state index in [1.165, 1.54) is 5.57 Å². The number of hydrogen-bond donors (Lipinski definition) is 2. The standard InChI is InChI=1S/C56H70O8/c1-29-23-39-47(4,28-36(29)58)15-19-53(10)41-27-35(57)43-31(3)45-37(25-34(43)49(41,6)17-20-52(39,53)9)63-56(62)42(59)26-33-32(55(56,12)64-45)13-14-38-48(33,5)16-21-54(11)40-24-30(2)44(60)46(61)50(40,7)18-22-51(38,54)8/h13-14,25-27,29-30,39-40,46,61-62H,15-24,28H2,1-12H3/t29-,30-,39-,40-,46-,47+,48+,49+,50-,51-,52+,53-,54+,55-,56+/m1/s1. The number of ether oxygens (including phenoxy) is 2. The molecule has 0 unspecified atom stereocenters. The van der Waals surface area contributed by atoms with Gasteiger partial charge in [-0.3, -0.25) is 19.2 Å². The van der Waals surface area contributed by atoms with Gasteiger partial charge in [-0.15, -0.1) is 0 Å². The van der Waals surface area contributed by atoms with Crippen LogP contribution in [-0.4, -0.2) is 50.8 Å². The van der Waals surface area contributed by atoms with Crippen LogP contribution in [0.3, 0.4) is 0 Å². The molecule has 1 heterocycles. The minimum atomic E-state index is -2.36. The zero-order chi connectivity index (χ0) is 46.1. The Labute approximate surface area is 379 Å². The molecule has 0 amide bonds. The summed E-state index contributed by atoms with van der Waals surface area (Å²) >= 11 is 0. The van der Waals surface area contributed by atoms with Gasteiger partial charge in [-0.1, -0.05) is 87.0 Å². The van der Waals surface area contributed by atoms with Crippen LogP contribution in [0.25, 0.3) is 0 Å². The summed E-state index contributed by atoms with van der Waals surface area (Å²) in [7, 11) is 0. The van der Waals surface area contributed by atoms with E-state index in [4.69, 9.17) is 9.47 Å². The van der Waals surface area contributed by atoms with Crippen molar-refractivity contribution in [1.82, 2.24) is 0 Å². The van der Waals surface area contributed by atoms with E-state index in [1.807, 2.05) is 32.1 Å². The van der Waals surface area contributed by atoms with Gasteiger partial charge in [0.05, 0.1) is 0 Å². The topological polar surface area (TPSA) is 127 Å². The molecule has 15 atom stereocenters. The Balaban J connectivity index is 0.985. The Bertz CT molecular complexity index is 2580. The highest BCUT2D eigenvalue weighted by Crippen LogP contribution is 2.77. The van der Waals surface area contributed by atoms with Gasteiger partial charge in [-0.05, 0) is 152 Å². The van der Waals surface area contributed by atoms with Crippen LogP contribution in [0.1, 0.15) is 168 Å². The number of carbonyl (C=O) groups excluding carboxylic acids is 4. The molecule has 0 aromatic heterocycles. The normalized spacial score (nSPS) is 50.9. The maximum atomic E-state index is 14.8. The summed E-state index contributed by atoms with van der Waals surface area (Å²) in [4.78, 5) is 55.9. The first-order valence-electron chi connectivity index (χ1n) is 24.6. The molecule has 9 aliphatic carbocycles. The number of rotatable bonds is 0.